The van der Waals surface area contributed by atoms with Gasteiger partial charge < -0.3 is 9.74 Å². The third kappa shape index (κ3) is 3.74. The van der Waals surface area contributed by atoms with E-state index in [1.165, 1.54) is 11.1 Å². The molecule has 116 valence electrons. The second-order valence-electron chi connectivity index (χ2n) is 7.45. The van der Waals surface area contributed by atoms with Crippen molar-refractivity contribution >= 4 is 14.2 Å². The summed E-state index contributed by atoms with van der Waals surface area (Å²) in [6, 6.07) is 8.37. The van der Waals surface area contributed by atoms with Gasteiger partial charge in [-0.25, -0.2) is 0 Å². The van der Waals surface area contributed by atoms with E-state index >= 15 is 0 Å². The Morgan fingerprint density at radius 3 is 2.52 bits per heavy atom. The first-order chi connectivity index (χ1) is 9.71. The molecule has 1 aromatic rings. The van der Waals surface area contributed by atoms with E-state index in [0.29, 0.717) is 13.0 Å². The lowest BCUT2D eigenvalue weighted by atomic mass is 9.94. The monoisotopic (exact) mass is 305 g/mol. The Hall–Kier alpha value is -1.13. The summed E-state index contributed by atoms with van der Waals surface area (Å²) in [7, 11) is -1.75. The molecule has 0 bridgehead atoms. The molecule has 1 fully saturated rings. The Balaban J connectivity index is 2.12. The van der Waals surface area contributed by atoms with Gasteiger partial charge >= 0.3 is 0 Å². The Labute approximate surface area is 129 Å². The molecule has 3 nitrogen and oxygen atoms in total. The molecule has 1 aliphatic rings. The fraction of sp³-hybridized carbons (Fsp3) is 0.588. The maximum atomic E-state index is 11.5. The van der Waals surface area contributed by atoms with Crippen molar-refractivity contribution in [2.45, 2.75) is 57.8 Å². The minimum Gasteiger partial charge on any atom is -0.413 e. The zero-order valence-electron chi connectivity index (χ0n) is 13.8. The van der Waals surface area contributed by atoms with Crippen molar-refractivity contribution < 1.29 is 9.22 Å². The van der Waals surface area contributed by atoms with Crippen LogP contribution in [-0.4, -0.2) is 20.8 Å². The maximum absolute atomic E-state index is 11.5. The molecule has 0 saturated carbocycles. The van der Waals surface area contributed by atoms with Crippen molar-refractivity contribution in [1.29, 1.82) is 0 Å². The molecule has 1 aliphatic heterocycles. The van der Waals surface area contributed by atoms with Gasteiger partial charge in [0.05, 0.1) is 6.61 Å². The van der Waals surface area contributed by atoms with Crippen molar-refractivity contribution in [1.82, 2.24) is 5.32 Å². The summed E-state index contributed by atoms with van der Waals surface area (Å²) >= 11 is 0. The van der Waals surface area contributed by atoms with Gasteiger partial charge in [0.2, 0.25) is 5.91 Å². The molecular weight excluding hydrogens is 278 g/mol. The van der Waals surface area contributed by atoms with E-state index in [2.05, 4.69) is 57.4 Å². The topological polar surface area (TPSA) is 38.3 Å². The largest absolute Gasteiger partial charge is 0.413 e. The number of benzene rings is 1. The van der Waals surface area contributed by atoms with E-state index < -0.39 is 8.32 Å². The molecule has 1 atom stereocenters. The van der Waals surface area contributed by atoms with E-state index in [9.17, 15) is 4.79 Å². The summed E-state index contributed by atoms with van der Waals surface area (Å²) in [6.07, 6.45) is 0.594. The predicted octanol–water partition coefficient (Wildman–Crippen LogP) is 3.81. The third-order valence-corrected chi connectivity index (χ3v) is 9.35. The maximum Gasteiger partial charge on any atom is 0.220 e. The van der Waals surface area contributed by atoms with Gasteiger partial charge in [0, 0.05) is 18.9 Å². The molecule has 0 aliphatic carbocycles. The Morgan fingerprint density at radius 1 is 1.29 bits per heavy atom. The van der Waals surface area contributed by atoms with Crippen LogP contribution in [0.5, 0.6) is 0 Å². The van der Waals surface area contributed by atoms with Gasteiger partial charge in [-0.3, -0.25) is 4.79 Å². The number of carbonyl (C=O) groups excluding carboxylic acids is 1. The van der Waals surface area contributed by atoms with Crippen LogP contribution in [0.2, 0.25) is 18.1 Å². The smallest absolute Gasteiger partial charge is 0.220 e. The second kappa shape index (κ2) is 5.93. The summed E-state index contributed by atoms with van der Waals surface area (Å²) in [6.45, 7) is 12.7. The van der Waals surface area contributed by atoms with Crippen LogP contribution in [0.4, 0.5) is 0 Å². The van der Waals surface area contributed by atoms with Crippen LogP contribution in [0.3, 0.4) is 0 Å². The highest BCUT2D eigenvalue weighted by Crippen LogP contribution is 2.37. The van der Waals surface area contributed by atoms with E-state index in [1.807, 2.05) is 6.07 Å². The zero-order chi connectivity index (χ0) is 15.7. The standard InChI is InChI=1S/C17H27NO2Si/c1-17(2,3)21(4,5)20-12-13-8-6-7-9-15(13)14-10-16(19)18-11-14/h6-9,14H,10-12H2,1-5H3,(H,18,19). The van der Waals surface area contributed by atoms with Gasteiger partial charge in [-0.1, -0.05) is 45.0 Å². The predicted molar refractivity (Wildman–Crippen MR) is 88.8 cm³/mol. The first-order valence-electron chi connectivity index (χ1n) is 7.69. The average Bonchev–Trinajstić information content (AvgIpc) is 2.82. The summed E-state index contributed by atoms with van der Waals surface area (Å²) in [5.74, 6) is 0.442. The average molecular weight is 305 g/mol. The van der Waals surface area contributed by atoms with Crippen LogP contribution in [0, 0.1) is 0 Å². The van der Waals surface area contributed by atoms with Crippen molar-refractivity contribution in [3.8, 4) is 0 Å². The minimum atomic E-state index is -1.75. The first kappa shape index (κ1) is 16.2. The molecule has 0 radical (unpaired) electrons. The van der Waals surface area contributed by atoms with Crippen LogP contribution >= 0.6 is 0 Å². The Morgan fingerprint density at radius 2 is 1.95 bits per heavy atom. The van der Waals surface area contributed by atoms with Gasteiger partial charge in [-0.05, 0) is 29.3 Å². The van der Waals surface area contributed by atoms with Crippen LogP contribution in [-0.2, 0) is 15.8 Å². The molecule has 1 amide bonds. The van der Waals surface area contributed by atoms with Gasteiger partial charge in [0.15, 0.2) is 8.32 Å². The number of carbonyl (C=O) groups is 1. The van der Waals surface area contributed by atoms with Crippen LogP contribution in [0.1, 0.15) is 44.2 Å². The van der Waals surface area contributed by atoms with Gasteiger partial charge in [0.1, 0.15) is 0 Å². The van der Waals surface area contributed by atoms with Crippen LogP contribution in [0.15, 0.2) is 24.3 Å². The number of amides is 1. The highest BCUT2D eigenvalue weighted by atomic mass is 28.4. The Kier molecular flexibility index (Phi) is 4.59. The lowest BCUT2D eigenvalue weighted by Gasteiger charge is -2.36. The lowest BCUT2D eigenvalue weighted by Crippen LogP contribution is -2.40. The molecule has 1 saturated heterocycles. The Bertz CT molecular complexity index is 520. The molecule has 0 aromatic heterocycles. The molecule has 1 N–H and O–H groups in total. The quantitative estimate of drug-likeness (QED) is 0.859. The molecule has 1 heterocycles. The normalized spacial score (nSPS) is 19.7. The molecule has 21 heavy (non-hydrogen) atoms. The van der Waals surface area contributed by atoms with E-state index in [0.717, 1.165) is 6.54 Å². The fourth-order valence-corrected chi connectivity index (χ4v) is 3.31. The van der Waals surface area contributed by atoms with Crippen molar-refractivity contribution in [3.63, 3.8) is 0 Å². The lowest BCUT2D eigenvalue weighted by molar-refractivity contribution is -0.119. The van der Waals surface area contributed by atoms with Gasteiger partial charge in [-0.2, -0.15) is 0 Å². The second-order valence-corrected chi connectivity index (χ2v) is 12.3. The van der Waals surface area contributed by atoms with E-state index in [1.54, 1.807) is 0 Å². The fourth-order valence-electron chi connectivity index (χ4n) is 2.36. The molecule has 2 rings (SSSR count). The molecule has 1 aromatic carbocycles. The summed E-state index contributed by atoms with van der Waals surface area (Å²) < 4.78 is 6.34. The highest BCUT2D eigenvalue weighted by Gasteiger charge is 2.37. The SMILES string of the molecule is CC(C)(C)[Si](C)(C)OCc1ccccc1C1CNC(=O)C1. The van der Waals surface area contributed by atoms with E-state index in [-0.39, 0.29) is 16.9 Å². The van der Waals surface area contributed by atoms with Gasteiger partial charge in [-0.15, -0.1) is 0 Å². The number of nitrogens with one attached hydrogen (secondary N) is 1. The van der Waals surface area contributed by atoms with Gasteiger partial charge in [0.25, 0.3) is 0 Å². The van der Waals surface area contributed by atoms with Crippen LogP contribution < -0.4 is 5.32 Å². The zero-order valence-corrected chi connectivity index (χ0v) is 14.8. The third-order valence-electron chi connectivity index (χ3n) is 4.87. The molecule has 1 unspecified atom stereocenters. The van der Waals surface area contributed by atoms with Crippen LogP contribution in [0.25, 0.3) is 0 Å². The number of hydrogen-bond donors (Lipinski definition) is 1. The summed E-state index contributed by atoms with van der Waals surface area (Å²) in [5, 5.41) is 3.14. The number of rotatable bonds is 4. The van der Waals surface area contributed by atoms with Crippen molar-refractivity contribution in [3.05, 3.63) is 35.4 Å². The van der Waals surface area contributed by atoms with Crippen molar-refractivity contribution in [2.75, 3.05) is 6.54 Å². The van der Waals surface area contributed by atoms with E-state index in [4.69, 9.17) is 4.43 Å². The summed E-state index contributed by atoms with van der Waals surface area (Å²) in [5.41, 5.74) is 2.48. The summed E-state index contributed by atoms with van der Waals surface area (Å²) in [4.78, 5) is 11.5. The van der Waals surface area contributed by atoms with Crippen molar-refractivity contribution in [2.24, 2.45) is 0 Å². The number of hydrogen-bond acceptors (Lipinski definition) is 2. The molecular formula is C17H27NO2Si. The minimum absolute atomic E-state index is 0.153. The first-order valence-corrected chi connectivity index (χ1v) is 10.6. The molecule has 0 spiro atoms. The highest BCUT2D eigenvalue weighted by molar-refractivity contribution is 6.74. The molecule has 4 heteroatoms.